The van der Waals surface area contributed by atoms with Crippen LogP contribution >= 0.6 is 0 Å². The van der Waals surface area contributed by atoms with Crippen molar-refractivity contribution in [2.45, 2.75) is 10.8 Å². The Morgan fingerprint density at radius 3 is 1.04 bits per heavy atom. The van der Waals surface area contributed by atoms with Crippen molar-refractivity contribution in [2.75, 3.05) is 4.90 Å². The Kier molecular flexibility index (Phi) is 7.44. The van der Waals surface area contributed by atoms with Crippen LogP contribution in [0.5, 0.6) is 0 Å². The first kappa shape index (κ1) is 32.1. The van der Waals surface area contributed by atoms with Gasteiger partial charge in [0, 0.05) is 17.1 Å². The Bertz CT molecular complexity index is 2700. The minimum Gasteiger partial charge on any atom is -0.310 e. The van der Waals surface area contributed by atoms with E-state index in [2.05, 4.69) is 217 Å². The molecule has 0 fully saturated rings. The Hall–Kier alpha value is -7.22. The van der Waals surface area contributed by atoms with Crippen molar-refractivity contribution in [1.82, 2.24) is 0 Å². The average Bonchev–Trinajstić information content (AvgIpc) is 3.76. The zero-order valence-corrected chi connectivity index (χ0v) is 31.4. The second-order valence-corrected chi connectivity index (χ2v) is 15.1. The van der Waals surface area contributed by atoms with E-state index in [9.17, 15) is 0 Å². The molecule has 0 atom stereocenters. The molecule has 2 aliphatic carbocycles. The molecule has 9 aromatic rings. The first-order chi connectivity index (χ1) is 28.7. The lowest BCUT2D eigenvalue weighted by Crippen LogP contribution is -2.29. The number of rotatable bonds is 7. The van der Waals surface area contributed by atoms with Crippen LogP contribution in [0.4, 0.5) is 17.1 Å². The van der Waals surface area contributed by atoms with Crippen LogP contribution in [-0.4, -0.2) is 0 Å². The Labute approximate surface area is 336 Å². The highest BCUT2D eigenvalue weighted by Crippen LogP contribution is 2.59. The standard InChI is InChI=1S/C56H39N/c1-6-20-40(21-7-1)55(41-22-8-2-9-23-41)51-32-18-16-30-47(51)49-36-34-45(38-53(49)55)57(44-28-14-5-15-29-44)46-35-37-50-48-31-17-19-33-52(48)56(54(50)39-46,42-24-10-3-11-25-42)43-26-12-4-13-27-43/h1-39H/i14D. The second kappa shape index (κ2) is 13.2. The van der Waals surface area contributed by atoms with Gasteiger partial charge in [0.05, 0.1) is 12.2 Å². The summed E-state index contributed by atoms with van der Waals surface area (Å²) >= 11 is 0. The molecule has 0 spiro atoms. The summed E-state index contributed by atoms with van der Waals surface area (Å²) in [4.78, 5) is 2.35. The molecule has 1 nitrogen and oxygen atoms in total. The topological polar surface area (TPSA) is 3.24 Å². The molecule has 0 saturated heterocycles. The van der Waals surface area contributed by atoms with E-state index in [-0.39, 0.29) is 0 Å². The smallest absolute Gasteiger partial charge is 0.0714 e. The van der Waals surface area contributed by atoms with Crippen molar-refractivity contribution in [3.63, 3.8) is 0 Å². The third-order valence-corrected chi connectivity index (χ3v) is 12.3. The van der Waals surface area contributed by atoms with E-state index in [1.54, 1.807) is 0 Å². The van der Waals surface area contributed by atoms with Crippen molar-refractivity contribution < 1.29 is 1.37 Å². The van der Waals surface area contributed by atoms with Gasteiger partial charge in [-0.3, -0.25) is 0 Å². The van der Waals surface area contributed by atoms with Gasteiger partial charge in [0.25, 0.3) is 0 Å². The van der Waals surface area contributed by atoms with Crippen LogP contribution < -0.4 is 4.90 Å². The molecule has 2 aliphatic rings. The van der Waals surface area contributed by atoms with Gasteiger partial charge in [0.1, 0.15) is 0 Å². The molecule has 11 rings (SSSR count). The number of anilines is 3. The molecule has 0 amide bonds. The van der Waals surface area contributed by atoms with Crippen LogP contribution in [-0.2, 0) is 10.8 Å². The minimum absolute atomic E-state index is 0.468. The molecular formula is C56H39N. The quantitative estimate of drug-likeness (QED) is 0.158. The zero-order chi connectivity index (χ0) is 38.7. The molecule has 0 aromatic heterocycles. The van der Waals surface area contributed by atoms with Gasteiger partial charge in [-0.1, -0.05) is 200 Å². The van der Waals surface area contributed by atoms with E-state index >= 15 is 0 Å². The maximum atomic E-state index is 8.82. The summed E-state index contributed by atoms with van der Waals surface area (Å²) in [6, 6.07) is 84.1. The van der Waals surface area contributed by atoms with E-state index in [4.69, 9.17) is 1.37 Å². The first-order valence-electron chi connectivity index (χ1n) is 20.3. The normalized spacial score (nSPS) is 14.1. The molecule has 0 aliphatic heterocycles. The predicted octanol–water partition coefficient (Wildman–Crippen LogP) is 13.9. The van der Waals surface area contributed by atoms with Gasteiger partial charge in [0.2, 0.25) is 0 Å². The van der Waals surface area contributed by atoms with E-state index in [1.165, 1.54) is 66.8 Å². The monoisotopic (exact) mass is 726 g/mol. The predicted molar refractivity (Wildman–Crippen MR) is 236 cm³/mol. The molecule has 0 saturated carbocycles. The van der Waals surface area contributed by atoms with Crippen molar-refractivity contribution in [2.24, 2.45) is 0 Å². The third kappa shape index (κ3) is 4.82. The van der Waals surface area contributed by atoms with Gasteiger partial charge in [0.15, 0.2) is 0 Å². The number of para-hydroxylation sites is 1. The summed E-state index contributed by atoms with van der Waals surface area (Å²) in [5, 5.41) is 0. The van der Waals surface area contributed by atoms with Crippen LogP contribution in [0, 0.1) is 0 Å². The lowest BCUT2D eigenvalue weighted by Gasteiger charge is -2.36. The molecule has 0 heterocycles. The molecule has 57 heavy (non-hydrogen) atoms. The van der Waals surface area contributed by atoms with Crippen LogP contribution in [0.1, 0.15) is 45.9 Å². The fourth-order valence-corrected chi connectivity index (χ4v) is 10.1. The number of fused-ring (bicyclic) bond motifs is 6. The Morgan fingerprint density at radius 1 is 0.281 bits per heavy atom. The molecule has 268 valence electrons. The molecule has 0 radical (unpaired) electrons. The van der Waals surface area contributed by atoms with Gasteiger partial charge in [-0.25, -0.2) is 0 Å². The van der Waals surface area contributed by atoms with Gasteiger partial charge >= 0.3 is 0 Å². The van der Waals surface area contributed by atoms with E-state index in [1.807, 2.05) is 18.2 Å². The summed E-state index contributed by atoms with van der Waals surface area (Å²) in [5.41, 5.74) is 16.9. The number of nitrogens with zero attached hydrogens (tertiary/aromatic N) is 1. The van der Waals surface area contributed by atoms with Crippen LogP contribution in [0.2, 0.25) is 0 Å². The van der Waals surface area contributed by atoms with Gasteiger partial charge in [-0.05, 0) is 103 Å². The summed E-state index contributed by atoms with van der Waals surface area (Å²) < 4.78 is 8.82. The lowest BCUT2D eigenvalue weighted by atomic mass is 9.67. The summed E-state index contributed by atoms with van der Waals surface area (Å²) in [7, 11) is 0. The SMILES string of the molecule is [2H]c1cccc(N(c2ccc3c(c2)C(c2ccccc2)(c2ccccc2)c2ccccc2-3)c2ccc3c(c2)C(c2ccccc2)(c2ccccc2)c2ccccc2-3)c1. The lowest BCUT2D eigenvalue weighted by molar-refractivity contribution is 0.767. The average molecular weight is 727 g/mol. The highest BCUT2D eigenvalue weighted by Gasteiger charge is 2.48. The summed E-state index contributed by atoms with van der Waals surface area (Å²) in [5.74, 6) is 0. The fraction of sp³-hybridized carbons (Fsp3) is 0.0357. The van der Waals surface area contributed by atoms with Crippen LogP contribution in [0.3, 0.4) is 0 Å². The largest absolute Gasteiger partial charge is 0.310 e. The van der Waals surface area contributed by atoms with Crippen molar-refractivity contribution in [3.05, 3.63) is 281 Å². The zero-order valence-electron chi connectivity index (χ0n) is 32.4. The Balaban J connectivity index is 1.19. The number of benzene rings is 9. The van der Waals surface area contributed by atoms with Crippen LogP contribution in [0.15, 0.2) is 237 Å². The highest BCUT2D eigenvalue weighted by molar-refractivity contribution is 5.92. The molecule has 0 N–H and O–H groups in total. The third-order valence-electron chi connectivity index (χ3n) is 12.3. The minimum atomic E-state index is -0.539. The van der Waals surface area contributed by atoms with Crippen molar-refractivity contribution >= 4 is 17.1 Å². The molecule has 1 heteroatoms. The van der Waals surface area contributed by atoms with Crippen molar-refractivity contribution in [3.8, 4) is 22.3 Å². The van der Waals surface area contributed by atoms with E-state index < -0.39 is 10.8 Å². The van der Waals surface area contributed by atoms with E-state index in [0.29, 0.717) is 6.04 Å². The summed E-state index contributed by atoms with van der Waals surface area (Å²) in [6.45, 7) is 0. The number of hydrogen-bond acceptors (Lipinski definition) is 1. The molecular weight excluding hydrogens is 687 g/mol. The highest BCUT2D eigenvalue weighted by atomic mass is 15.1. The van der Waals surface area contributed by atoms with Crippen molar-refractivity contribution in [1.29, 1.82) is 0 Å². The molecule has 0 bridgehead atoms. The maximum Gasteiger partial charge on any atom is 0.0714 e. The molecule has 0 unspecified atom stereocenters. The van der Waals surface area contributed by atoms with Crippen LogP contribution in [0.25, 0.3) is 22.3 Å². The second-order valence-electron chi connectivity index (χ2n) is 15.1. The molecule has 9 aromatic carbocycles. The first-order valence-corrected chi connectivity index (χ1v) is 19.8. The van der Waals surface area contributed by atoms with Gasteiger partial charge < -0.3 is 4.90 Å². The van der Waals surface area contributed by atoms with E-state index in [0.717, 1.165) is 17.1 Å². The van der Waals surface area contributed by atoms with Gasteiger partial charge in [-0.15, -0.1) is 0 Å². The van der Waals surface area contributed by atoms with Gasteiger partial charge in [-0.2, -0.15) is 0 Å². The number of hydrogen-bond donors (Lipinski definition) is 0. The Morgan fingerprint density at radius 2 is 0.632 bits per heavy atom. The summed E-state index contributed by atoms with van der Waals surface area (Å²) in [6.07, 6.45) is 0. The fourth-order valence-electron chi connectivity index (χ4n) is 10.1. The maximum absolute atomic E-state index is 8.82.